The number of halogens is 1. The van der Waals surface area contributed by atoms with Gasteiger partial charge in [0.05, 0.1) is 5.69 Å². The molecule has 2 heterocycles. The summed E-state index contributed by atoms with van der Waals surface area (Å²) in [5, 5.41) is 10.1. The van der Waals surface area contributed by atoms with Crippen molar-refractivity contribution < 1.29 is 9.32 Å². The van der Waals surface area contributed by atoms with Gasteiger partial charge in [-0.25, -0.2) is 4.99 Å². The van der Waals surface area contributed by atoms with E-state index in [0.717, 1.165) is 56.5 Å². The van der Waals surface area contributed by atoms with Crippen LogP contribution in [0.2, 0.25) is 0 Å². The second-order valence-corrected chi connectivity index (χ2v) is 6.70. The molecular weight excluding hydrogens is 495 g/mol. The van der Waals surface area contributed by atoms with Gasteiger partial charge in [-0.15, -0.1) is 30.4 Å². The first-order chi connectivity index (χ1) is 14.2. The number of aromatic nitrogens is 1. The highest BCUT2D eigenvalue weighted by atomic mass is 127. The Morgan fingerprint density at radius 3 is 2.77 bits per heavy atom. The van der Waals surface area contributed by atoms with Crippen molar-refractivity contribution >= 4 is 41.5 Å². The average Bonchev–Trinajstić information content (AvgIpc) is 3.25. The number of hydrogen-bond donors (Lipinski definition) is 2. The van der Waals surface area contributed by atoms with Gasteiger partial charge in [0.2, 0.25) is 5.91 Å². The Balaban J connectivity index is 0.00000320. The summed E-state index contributed by atoms with van der Waals surface area (Å²) in [5.41, 5.74) is 2.33. The normalized spacial score (nSPS) is 14.5. The van der Waals surface area contributed by atoms with Crippen molar-refractivity contribution in [2.24, 2.45) is 4.99 Å². The molecule has 2 aromatic rings. The molecule has 9 heteroatoms. The second-order valence-electron chi connectivity index (χ2n) is 6.70. The zero-order valence-electron chi connectivity index (χ0n) is 17.0. The van der Waals surface area contributed by atoms with E-state index in [9.17, 15) is 4.79 Å². The van der Waals surface area contributed by atoms with Crippen molar-refractivity contribution in [2.45, 2.75) is 13.5 Å². The standard InChI is InChI=1S/C21H26N6O2.HI/c1-3-17-6-5-7-18(14-17)24-20(28)15-23-21(22-4-2)27-11-9-26(10-12-27)16-19-8-13-29-25-19;/h1,5-8,13-14H,4,9-12,15-16H2,2H3,(H,22,23)(H,24,28);1H. The van der Waals surface area contributed by atoms with Crippen LogP contribution in [0.15, 0.2) is 46.1 Å². The monoisotopic (exact) mass is 522 g/mol. The van der Waals surface area contributed by atoms with E-state index in [4.69, 9.17) is 10.9 Å². The van der Waals surface area contributed by atoms with Gasteiger partial charge in [-0.3, -0.25) is 9.69 Å². The summed E-state index contributed by atoms with van der Waals surface area (Å²) in [4.78, 5) is 21.3. The molecule has 3 rings (SSSR count). The van der Waals surface area contributed by atoms with Crippen LogP contribution >= 0.6 is 24.0 Å². The van der Waals surface area contributed by atoms with Crippen molar-refractivity contribution in [2.75, 3.05) is 44.6 Å². The summed E-state index contributed by atoms with van der Waals surface area (Å²) < 4.78 is 4.89. The SMILES string of the molecule is C#Cc1cccc(NC(=O)CN=C(NCC)N2CCN(Cc3ccon3)CC2)c1.I. The number of amides is 1. The van der Waals surface area contributed by atoms with E-state index in [1.54, 1.807) is 12.3 Å². The molecule has 2 N–H and O–H groups in total. The lowest BCUT2D eigenvalue weighted by Crippen LogP contribution is -2.52. The fourth-order valence-corrected chi connectivity index (χ4v) is 3.13. The maximum absolute atomic E-state index is 12.3. The van der Waals surface area contributed by atoms with Crippen LogP contribution in [0.4, 0.5) is 5.69 Å². The fourth-order valence-electron chi connectivity index (χ4n) is 3.13. The molecule has 1 fully saturated rings. The molecule has 1 aromatic carbocycles. The third-order valence-electron chi connectivity index (χ3n) is 4.57. The van der Waals surface area contributed by atoms with Gasteiger partial charge in [-0.2, -0.15) is 0 Å². The van der Waals surface area contributed by atoms with Crippen LogP contribution in [-0.4, -0.2) is 66.1 Å². The van der Waals surface area contributed by atoms with Gasteiger partial charge >= 0.3 is 0 Å². The van der Waals surface area contributed by atoms with Crippen LogP contribution < -0.4 is 10.6 Å². The number of benzene rings is 1. The minimum Gasteiger partial charge on any atom is -0.364 e. The van der Waals surface area contributed by atoms with Crippen molar-refractivity contribution in [1.29, 1.82) is 0 Å². The number of carbonyl (C=O) groups excluding carboxylic acids is 1. The highest BCUT2D eigenvalue weighted by molar-refractivity contribution is 14.0. The Labute approximate surface area is 194 Å². The number of carbonyl (C=O) groups is 1. The first kappa shape index (κ1) is 23.7. The van der Waals surface area contributed by atoms with E-state index in [0.29, 0.717) is 5.69 Å². The molecule has 1 aliphatic heterocycles. The second kappa shape index (κ2) is 12.2. The highest BCUT2D eigenvalue weighted by Gasteiger charge is 2.20. The average molecular weight is 522 g/mol. The Hall–Kier alpha value is -2.58. The maximum atomic E-state index is 12.3. The summed E-state index contributed by atoms with van der Waals surface area (Å²) in [6.07, 6.45) is 6.99. The fraction of sp³-hybridized carbons (Fsp3) is 0.381. The number of nitrogens with zero attached hydrogens (tertiary/aromatic N) is 4. The summed E-state index contributed by atoms with van der Waals surface area (Å²) in [6, 6.07) is 9.09. The Bertz CT molecular complexity index is 870. The first-order valence-electron chi connectivity index (χ1n) is 9.69. The summed E-state index contributed by atoms with van der Waals surface area (Å²) >= 11 is 0. The Morgan fingerprint density at radius 2 is 2.10 bits per heavy atom. The molecule has 0 unspecified atom stereocenters. The molecule has 30 heavy (non-hydrogen) atoms. The van der Waals surface area contributed by atoms with Gasteiger partial charge in [-0.05, 0) is 25.1 Å². The maximum Gasteiger partial charge on any atom is 0.246 e. The van der Waals surface area contributed by atoms with Crippen molar-refractivity contribution in [1.82, 2.24) is 20.3 Å². The van der Waals surface area contributed by atoms with E-state index in [1.807, 2.05) is 31.2 Å². The van der Waals surface area contributed by atoms with Crippen molar-refractivity contribution in [3.05, 3.63) is 47.9 Å². The molecule has 0 atom stereocenters. The van der Waals surface area contributed by atoms with Gasteiger partial charge in [0.15, 0.2) is 5.96 Å². The van der Waals surface area contributed by atoms with Crippen LogP contribution in [0.3, 0.4) is 0 Å². The van der Waals surface area contributed by atoms with Crippen LogP contribution in [0.5, 0.6) is 0 Å². The summed E-state index contributed by atoms with van der Waals surface area (Å²) in [5.74, 6) is 3.13. The number of rotatable bonds is 6. The van der Waals surface area contributed by atoms with E-state index < -0.39 is 0 Å². The lowest BCUT2D eigenvalue weighted by Gasteiger charge is -2.36. The minimum atomic E-state index is -0.181. The third-order valence-corrected chi connectivity index (χ3v) is 4.57. The minimum absolute atomic E-state index is 0. The molecule has 1 aromatic heterocycles. The molecule has 8 nitrogen and oxygen atoms in total. The largest absolute Gasteiger partial charge is 0.364 e. The number of anilines is 1. The summed E-state index contributed by atoms with van der Waals surface area (Å²) in [6.45, 7) is 7.01. The lowest BCUT2D eigenvalue weighted by molar-refractivity contribution is -0.114. The molecular formula is C21H27IN6O2. The number of nitrogens with one attached hydrogen (secondary N) is 2. The number of terminal acetylenes is 1. The van der Waals surface area contributed by atoms with Crippen LogP contribution in [0.1, 0.15) is 18.2 Å². The third kappa shape index (κ3) is 7.03. The van der Waals surface area contributed by atoms with E-state index >= 15 is 0 Å². The highest BCUT2D eigenvalue weighted by Crippen LogP contribution is 2.10. The van der Waals surface area contributed by atoms with Crippen molar-refractivity contribution in [3.63, 3.8) is 0 Å². The van der Waals surface area contributed by atoms with Crippen molar-refractivity contribution in [3.8, 4) is 12.3 Å². The number of guanidine groups is 1. The van der Waals surface area contributed by atoms with Crippen LogP contribution in [-0.2, 0) is 11.3 Å². The molecule has 0 saturated carbocycles. The quantitative estimate of drug-likeness (QED) is 0.261. The van der Waals surface area contributed by atoms with Gasteiger partial charge in [0, 0.05) is 56.6 Å². The number of piperazine rings is 1. The van der Waals surface area contributed by atoms with Crippen LogP contribution in [0, 0.1) is 12.3 Å². The predicted octanol–water partition coefficient (Wildman–Crippen LogP) is 2.00. The first-order valence-corrected chi connectivity index (χ1v) is 9.69. The molecule has 0 bridgehead atoms. The smallest absolute Gasteiger partial charge is 0.246 e. The molecule has 0 aliphatic carbocycles. The van der Waals surface area contributed by atoms with Gasteiger partial charge < -0.3 is 20.1 Å². The Morgan fingerprint density at radius 1 is 1.30 bits per heavy atom. The van der Waals surface area contributed by atoms with E-state index in [1.165, 1.54) is 0 Å². The van der Waals surface area contributed by atoms with Gasteiger partial charge in [0.1, 0.15) is 12.8 Å². The molecule has 1 aliphatic rings. The molecule has 1 amide bonds. The zero-order valence-corrected chi connectivity index (χ0v) is 19.3. The number of hydrogen-bond acceptors (Lipinski definition) is 5. The molecule has 0 spiro atoms. The van der Waals surface area contributed by atoms with Gasteiger partial charge in [0.25, 0.3) is 0 Å². The van der Waals surface area contributed by atoms with E-state index in [-0.39, 0.29) is 36.4 Å². The Kier molecular flexibility index (Phi) is 9.63. The van der Waals surface area contributed by atoms with Crippen LogP contribution in [0.25, 0.3) is 0 Å². The molecule has 1 saturated heterocycles. The zero-order chi connectivity index (χ0) is 20.5. The summed E-state index contributed by atoms with van der Waals surface area (Å²) in [7, 11) is 0. The molecule has 160 valence electrons. The molecule has 0 radical (unpaired) electrons. The number of aliphatic imine (C=N–C) groups is 1. The van der Waals surface area contributed by atoms with Gasteiger partial charge in [-0.1, -0.05) is 17.1 Å². The lowest BCUT2D eigenvalue weighted by atomic mass is 10.2. The predicted molar refractivity (Wildman–Crippen MR) is 128 cm³/mol. The topological polar surface area (TPSA) is 86.0 Å². The van der Waals surface area contributed by atoms with E-state index in [2.05, 4.69) is 36.5 Å².